The van der Waals surface area contributed by atoms with E-state index in [-0.39, 0.29) is 0 Å². The third kappa shape index (κ3) is 1.49. The molecule has 2 fully saturated rings. The van der Waals surface area contributed by atoms with E-state index in [0.717, 1.165) is 0 Å². The minimum absolute atomic E-state index is 4.60. The van der Waals surface area contributed by atoms with Gasteiger partial charge >= 0.3 is 47.4 Å². The van der Waals surface area contributed by atoms with Crippen LogP contribution in [-0.4, -0.2) is 58.7 Å². The van der Waals surface area contributed by atoms with E-state index in [4.69, 9.17) is 0 Å². The molecule has 0 aromatic carbocycles. The number of rotatable bonds is 2. The average Bonchev–Trinajstić information content (AvgIpc) is 2.55. The molecule has 0 nitrogen and oxygen atoms in total. The summed E-state index contributed by atoms with van der Waals surface area (Å²) in [6.45, 7) is 0. The van der Waals surface area contributed by atoms with Crippen molar-refractivity contribution in [2.45, 2.75) is 58.7 Å². The zero-order chi connectivity index (χ0) is 24.2. The van der Waals surface area contributed by atoms with E-state index in [1.54, 1.807) is 0 Å². The van der Waals surface area contributed by atoms with Gasteiger partial charge in [0.25, 0.3) is 11.3 Å². The highest BCUT2D eigenvalue weighted by molar-refractivity contribution is 5.63. The van der Waals surface area contributed by atoms with Crippen molar-refractivity contribution >= 4 is 0 Å². The smallest absolute Gasteiger partial charge is 0.225 e. The van der Waals surface area contributed by atoms with Gasteiger partial charge in [0.05, 0.1) is 11.1 Å². The zero-order valence-electron chi connectivity index (χ0n) is 12.8. The normalized spacial score (nSPS) is 36.2. The Morgan fingerprint density at radius 2 is 0.433 bits per heavy atom. The van der Waals surface area contributed by atoms with Crippen LogP contribution in [0.1, 0.15) is 0 Å². The van der Waals surface area contributed by atoms with Crippen LogP contribution in [0.25, 0.3) is 0 Å². The molecule has 3 aliphatic rings. The van der Waals surface area contributed by atoms with Crippen LogP contribution in [0, 0.1) is 0 Å². The van der Waals surface area contributed by atoms with Gasteiger partial charge < -0.3 is 0 Å². The molecule has 0 bridgehead atoms. The maximum absolute atomic E-state index is 14.2. The highest BCUT2D eigenvalue weighted by atomic mass is 19.4. The quantitative estimate of drug-likeness (QED) is 0.341. The van der Waals surface area contributed by atoms with Gasteiger partial charge in [0.1, 0.15) is 0 Å². The Hall–Kier alpha value is -1.52. The fourth-order valence-corrected chi connectivity index (χ4v) is 3.50. The lowest BCUT2D eigenvalue weighted by Gasteiger charge is -2.63. The first-order valence-electron chi connectivity index (χ1n) is 6.90. The Morgan fingerprint density at radius 3 is 0.600 bits per heavy atom. The molecule has 0 aromatic rings. The lowest BCUT2D eigenvalue weighted by molar-refractivity contribution is -0.481. The second-order valence-corrected chi connectivity index (χ2v) is 6.66. The molecule has 0 spiro atoms. The van der Waals surface area contributed by atoms with Crippen LogP contribution in [0.4, 0.5) is 79.0 Å². The van der Waals surface area contributed by atoms with Gasteiger partial charge in [-0.2, -0.15) is 70.2 Å². The summed E-state index contributed by atoms with van der Waals surface area (Å²) in [7, 11) is 0. The van der Waals surface area contributed by atoms with E-state index in [0.29, 0.717) is 0 Å². The molecule has 0 radical (unpaired) electrons. The Kier molecular flexibility index (Phi) is 3.58. The van der Waals surface area contributed by atoms with Crippen molar-refractivity contribution in [1.82, 2.24) is 0 Å². The van der Waals surface area contributed by atoms with Gasteiger partial charge in [-0.1, -0.05) is 0 Å². The summed E-state index contributed by atoms with van der Waals surface area (Å²) in [5, 5.41) is 0. The lowest BCUT2D eigenvalue weighted by atomic mass is 9.51. The van der Waals surface area contributed by atoms with Gasteiger partial charge in [0.15, 0.2) is 0 Å². The molecule has 0 aliphatic heterocycles. The first kappa shape index (κ1) is 23.1. The summed E-state index contributed by atoms with van der Waals surface area (Å²) in [6, 6.07) is 0. The highest BCUT2D eigenvalue weighted by Crippen LogP contribution is 2.81. The van der Waals surface area contributed by atoms with Crippen molar-refractivity contribution in [3.8, 4) is 0 Å². The molecule has 0 N–H and O–H groups in total. The summed E-state index contributed by atoms with van der Waals surface area (Å²) in [6.07, 6.45) is 0. The van der Waals surface area contributed by atoms with Crippen LogP contribution in [0.5, 0.6) is 0 Å². The largest absolute Gasteiger partial charge is 0.379 e. The molecule has 174 valence electrons. The molecule has 0 aromatic heterocycles. The molecule has 18 heteroatoms. The third-order valence-electron chi connectivity index (χ3n) is 5.27. The van der Waals surface area contributed by atoms with Gasteiger partial charge in [0, 0.05) is 0 Å². The van der Waals surface area contributed by atoms with Gasteiger partial charge in [-0.05, 0) is 0 Å². The average molecular weight is 486 g/mol. The van der Waals surface area contributed by atoms with E-state index >= 15 is 0 Å². The molecule has 0 amide bonds. The van der Waals surface area contributed by atoms with Gasteiger partial charge in [0.2, 0.25) is 0 Å². The number of halogens is 18. The molecular weight excluding hydrogens is 486 g/mol. The van der Waals surface area contributed by atoms with Crippen molar-refractivity contribution in [2.24, 2.45) is 0 Å². The molecule has 3 aliphatic carbocycles. The standard InChI is InChI=1S/C12F18/c13-3(7(19,20)11(27,28)8(3,21)22)1-2(6(17,18)5(1,15)16)4(14)9(23,24)12(29,30)10(4,25)26. The summed E-state index contributed by atoms with van der Waals surface area (Å²) in [5.41, 5.74) is -23.4. The molecular formula is C12F18. The van der Waals surface area contributed by atoms with Crippen LogP contribution in [-0.2, 0) is 0 Å². The second-order valence-electron chi connectivity index (χ2n) is 6.66. The second kappa shape index (κ2) is 4.63. The molecule has 3 rings (SSSR count). The Labute approximate surface area is 150 Å². The number of alkyl halides is 18. The topological polar surface area (TPSA) is 0 Å². The van der Waals surface area contributed by atoms with Crippen LogP contribution in [0.3, 0.4) is 0 Å². The maximum atomic E-state index is 14.2. The van der Waals surface area contributed by atoms with E-state index in [9.17, 15) is 79.0 Å². The first-order valence-corrected chi connectivity index (χ1v) is 6.90. The molecule has 30 heavy (non-hydrogen) atoms. The van der Waals surface area contributed by atoms with E-state index < -0.39 is 69.9 Å². The third-order valence-corrected chi connectivity index (χ3v) is 5.27. The molecule has 0 saturated heterocycles. The van der Waals surface area contributed by atoms with E-state index in [1.165, 1.54) is 0 Å². The van der Waals surface area contributed by atoms with E-state index in [2.05, 4.69) is 0 Å². The van der Waals surface area contributed by atoms with Crippen LogP contribution in [0.15, 0.2) is 11.1 Å². The van der Waals surface area contributed by atoms with Crippen LogP contribution in [0.2, 0.25) is 0 Å². The van der Waals surface area contributed by atoms with E-state index in [1.807, 2.05) is 0 Å². The number of hydrogen-bond donors (Lipinski definition) is 0. The fourth-order valence-electron chi connectivity index (χ4n) is 3.50. The number of allylic oxidation sites excluding steroid dienone is 2. The van der Waals surface area contributed by atoms with Gasteiger partial charge in [-0.25, -0.2) is 8.78 Å². The van der Waals surface area contributed by atoms with Crippen molar-refractivity contribution in [2.75, 3.05) is 0 Å². The Balaban J connectivity index is 2.43. The lowest BCUT2D eigenvalue weighted by Crippen LogP contribution is -2.91. The minimum atomic E-state index is -7.16. The van der Waals surface area contributed by atoms with Crippen molar-refractivity contribution < 1.29 is 79.0 Å². The summed E-state index contributed by atoms with van der Waals surface area (Å²) >= 11 is 0. The summed E-state index contributed by atoms with van der Waals surface area (Å²) < 4.78 is 240. The highest BCUT2D eigenvalue weighted by Gasteiger charge is 3.08. The number of hydrogen-bond acceptors (Lipinski definition) is 0. The van der Waals surface area contributed by atoms with Crippen molar-refractivity contribution in [3.05, 3.63) is 11.1 Å². The van der Waals surface area contributed by atoms with Crippen molar-refractivity contribution in [1.29, 1.82) is 0 Å². The molecule has 2 saturated carbocycles. The molecule has 0 unspecified atom stereocenters. The zero-order valence-corrected chi connectivity index (χ0v) is 12.8. The summed E-state index contributed by atoms with van der Waals surface area (Å²) in [5.74, 6) is -56.5. The van der Waals surface area contributed by atoms with Crippen LogP contribution >= 0.6 is 0 Å². The predicted octanol–water partition coefficient (Wildman–Crippen LogP) is 5.82. The van der Waals surface area contributed by atoms with Gasteiger partial charge in [-0.15, -0.1) is 0 Å². The maximum Gasteiger partial charge on any atom is 0.379 e. The Bertz CT molecular complexity index is 752. The predicted molar refractivity (Wildman–Crippen MR) is 54.3 cm³/mol. The first-order chi connectivity index (χ1) is 12.7. The van der Waals surface area contributed by atoms with Crippen LogP contribution < -0.4 is 0 Å². The molecule has 0 heterocycles. The fraction of sp³-hybridized carbons (Fsp3) is 0.833. The SMILES string of the molecule is FC1(F)C(C2(F)C(F)(F)C(F)(F)C2(F)F)=C(C2(F)C(F)(F)C(F)(F)C2(F)F)C1(F)F. The Morgan fingerprint density at radius 1 is 0.267 bits per heavy atom. The monoisotopic (exact) mass is 486 g/mol. The van der Waals surface area contributed by atoms with Crippen molar-refractivity contribution in [3.63, 3.8) is 0 Å². The summed E-state index contributed by atoms with van der Waals surface area (Å²) in [4.78, 5) is 0. The minimum Gasteiger partial charge on any atom is -0.225 e. The molecule has 0 atom stereocenters. The van der Waals surface area contributed by atoms with Gasteiger partial charge in [-0.3, -0.25) is 0 Å².